The maximum atomic E-state index is 13.3. The summed E-state index contributed by atoms with van der Waals surface area (Å²) in [4.78, 5) is 12.0. The smallest absolute Gasteiger partial charge is 0.257 e. The fraction of sp³-hybridized carbons (Fsp3) is 0. The zero-order valence-electron chi connectivity index (χ0n) is 9.58. The SMILES string of the molecule is Nc1cc(Cl)ccc1C(=O)Nc1ccc(Br)c(F)c1. The second-order valence-electron chi connectivity index (χ2n) is 3.81. The average Bonchev–Trinajstić information content (AvgIpc) is 2.33. The van der Waals surface area contributed by atoms with E-state index in [1.54, 1.807) is 12.1 Å². The summed E-state index contributed by atoms with van der Waals surface area (Å²) in [6, 6.07) is 8.87. The van der Waals surface area contributed by atoms with Crippen LogP contribution in [0, 0.1) is 5.82 Å². The van der Waals surface area contributed by atoms with Gasteiger partial charge in [0.15, 0.2) is 0 Å². The minimum absolute atomic E-state index is 0.266. The molecule has 0 heterocycles. The molecule has 2 rings (SSSR count). The number of carbonyl (C=O) groups is 1. The van der Waals surface area contributed by atoms with Crippen molar-refractivity contribution < 1.29 is 9.18 Å². The van der Waals surface area contributed by atoms with Crippen LogP contribution < -0.4 is 11.1 Å². The van der Waals surface area contributed by atoms with E-state index >= 15 is 0 Å². The molecule has 0 spiro atoms. The van der Waals surface area contributed by atoms with Crippen molar-refractivity contribution >= 4 is 44.8 Å². The Morgan fingerprint density at radius 2 is 2.00 bits per heavy atom. The molecule has 2 aromatic rings. The van der Waals surface area contributed by atoms with Crippen molar-refractivity contribution in [3.05, 3.63) is 57.3 Å². The lowest BCUT2D eigenvalue weighted by molar-refractivity contribution is 0.102. The van der Waals surface area contributed by atoms with Gasteiger partial charge in [0.2, 0.25) is 0 Å². The third kappa shape index (κ3) is 3.24. The molecule has 0 aliphatic carbocycles. The molecule has 0 saturated carbocycles. The van der Waals surface area contributed by atoms with Crippen LogP contribution in [0.15, 0.2) is 40.9 Å². The van der Waals surface area contributed by atoms with Gasteiger partial charge in [0.1, 0.15) is 5.82 Å². The average molecular weight is 344 g/mol. The van der Waals surface area contributed by atoms with E-state index in [9.17, 15) is 9.18 Å². The van der Waals surface area contributed by atoms with E-state index in [0.29, 0.717) is 15.2 Å². The van der Waals surface area contributed by atoms with Crippen LogP contribution in [0.5, 0.6) is 0 Å². The van der Waals surface area contributed by atoms with Gasteiger partial charge in [0.25, 0.3) is 5.91 Å². The fourth-order valence-corrected chi connectivity index (χ4v) is 1.94. The summed E-state index contributed by atoms with van der Waals surface area (Å²) in [6.45, 7) is 0. The Balaban J connectivity index is 2.23. The Morgan fingerprint density at radius 1 is 1.26 bits per heavy atom. The number of hydrogen-bond acceptors (Lipinski definition) is 2. The summed E-state index contributed by atoms with van der Waals surface area (Å²) in [7, 11) is 0. The number of halogens is 3. The largest absolute Gasteiger partial charge is 0.398 e. The monoisotopic (exact) mass is 342 g/mol. The van der Waals surface area contributed by atoms with Crippen LogP contribution in [-0.4, -0.2) is 5.91 Å². The maximum absolute atomic E-state index is 13.3. The van der Waals surface area contributed by atoms with Gasteiger partial charge in [-0.15, -0.1) is 0 Å². The molecule has 0 bridgehead atoms. The zero-order chi connectivity index (χ0) is 14.0. The molecule has 1 amide bonds. The first-order valence-corrected chi connectivity index (χ1v) is 6.46. The van der Waals surface area contributed by atoms with Gasteiger partial charge in [0.05, 0.1) is 10.0 Å². The quantitative estimate of drug-likeness (QED) is 0.807. The Kier molecular flexibility index (Phi) is 4.07. The normalized spacial score (nSPS) is 10.3. The van der Waals surface area contributed by atoms with Crippen LogP contribution in [-0.2, 0) is 0 Å². The topological polar surface area (TPSA) is 55.1 Å². The lowest BCUT2D eigenvalue weighted by atomic mass is 10.1. The van der Waals surface area contributed by atoms with Gasteiger partial charge in [-0.2, -0.15) is 0 Å². The van der Waals surface area contributed by atoms with E-state index in [1.165, 1.54) is 24.3 Å². The van der Waals surface area contributed by atoms with Crippen LogP contribution >= 0.6 is 27.5 Å². The number of rotatable bonds is 2. The molecule has 0 aliphatic rings. The highest BCUT2D eigenvalue weighted by Gasteiger charge is 2.11. The van der Waals surface area contributed by atoms with E-state index in [4.69, 9.17) is 17.3 Å². The Morgan fingerprint density at radius 3 is 2.63 bits per heavy atom. The number of hydrogen-bond donors (Lipinski definition) is 2. The molecule has 98 valence electrons. The predicted molar refractivity (Wildman–Crippen MR) is 77.9 cm³/mol. The number of nitrogens with one attached hydrogen (secondary N) is 1. The standard InChI is InChI=1S/C13H9BrClFN2O/c14-10-4-2-8(6-11(10)16)18-13(19)9-3-1-7(15)5-12(9)17/h1-6H,17H2,(H,18,19). The molecule has 0 fully saturated rings. The number of nitrogens with two attached hydrogens (primary N) is 1. The highest BCUT2D eigenvalue weighted by molar-refractivity contribution is 9.10. The Bertz CT molecular complexity index is 649. The van der Waals surface area contributed by atoms with Crippen molar-refractivity contribution in [2.45, 2.75) is 0 Å². The van der Waals surface area contributed by atoms with Gasteiger partial charge < -0.3 is 11.1 Å². The molecular weight excluding hydrogens is 335 g/mol. The molecule has 3 N–H and O–H groups in total. The first-order chi connectivity index (χ1) is 8.97. The Labute approximate surface area is 122 Å². The lowest BCUT2D eigenvalue weighted by Crippen LogP contribution is -2.14. The van der Waals surface area contributed by atoms with Crippen molar-refractivity contribution in [1.29, 1.82) is 0 Å². The lowest BCUT2D eigenvalue weighted by Gasteiger charge is -2.08. The predicted octanol–water partition coefficient (Wildman–Crippen LogP) is 4.08. The number of benzene rings is 2. The molecule has 6 heteroatoms. The van der Waals surface area contributed by atoms with Gasteiger partial charge in [-0.1, -0.05) is 11.6 Å². The second kappa shape index (κ2) is 5.59. The summed E-state index contributed by atoms with van der Waals surface area (Å²) in [5, 5.41) is 3.01. The fourth-order valence-electron chi connectivity index (χ4n) is 1.51. The number of carbonyl (C=O) groups excluding carboxylic acids is 1. The second-order valence-corrected chi connectivity index (χ2v) is 5.11. The molecule has 0 radical (unpaired) electrons. The maximum Gasteiger partial charge on any atom is 0.257 e. The van der Waals surface area contributed by atoms with Crippen molar-refractivity contribution in [1.82, 2.24) is 0 Å². The van der Waals surface area contributed by atoms with Crippen LogP contribution in [0.3, 0.4) is 0 Å². The number of nitrogen functional groups attached to an aromatic ring is 1. The first kappa shape index (κ1) is 13.8. The molecule has 0 atom stereocenters. The highest BCUT2D eigenvalue weighted by atomic mass is 79.9. The van der Waals surface area contributed by atoms with Crippen molar-refractivity contribution in [3.63, 3.8) is 0 Å². The van der Waals surface area contributed by atoms with E-state index < -0.39 is 11.7 Å². The number of anilines is 2. The summed E-state index contributed by atoms with van der Waals surface area (Å²) in [5.41, 5.74) is 6.60. The van der Waals surface area contributed by atoms with E-state index in [1.807, 2.05) is 0 Å². The van der Waals surface area contributed by atoms with Gasteiger partial charge in [-0.25, -0.2) is 4.39 Å². The van der Waals surface area contributed by atoms with Crippen molar-refractivity contribution in [2.75, 3.05) is 11.1 Å². The van der Waals surface area contributed by atoms with Gasteiger partial charge in [0, 0.05) is 16.4 Å². The molecule has 19 heavy (non-hydrogen) atoms. The summed E-state index contributed by atoms with van der Waals surface area (Å²) >= 11 is 8.79. The van der Waals surface area contributed by atoms with Crippen molar-refractivity contribution in [3.8, 4) is 0 Å². The minimum atomic E-state index is -0.457. The molecule has 0 aliphatic heterocycles. The van der Waals surface area contributed by atoms with E-state index in [2.05, 4.69) is 21.2 Å². The highest BCUT2D eigenvalue weighted by Crippen LogP contribution is 2.22. The first-order valence-electron chi connectivity index (χ1n) is 5.29. The van der Waals surface area contributed by atoms with E-state index in [0.717, 1.165) is 0 Å². The van der Waals surface area contributed by atoms with Crippen LogP contribution in [0.2, 0.25) is 5.02 Å². The summed E-state index contributed by atoms with van der Waals surface area (Å²) < 4.78 is 13.7. The van der Waals surface area contributed by atoms with Gasteiger partial charge in [-0.3, -0.25) is 4.79 Å². The number of amides is 1. The summed E-state index contributed by atoms with van der Waals surface area (Å²) in [6.07, 6.45) is 0. The molecule has 0 saturated heterocycles. The zero-order valence-corrected chi connectivity index (χ0v) is 11.9. The molecule has 2 aromatic carbocycles. The van der Waals surface area contributed by atoms with E-state index in [-0.39, 0.29) is 11.3 Å². The molecule has 0 aromatic heterocycles. The molecule has 0 unspecified atom stereocenters. The van der Waals surface area contributed by atoms with Crippen LogP contribution in [0.4, 0.5) is 15.8 Å². The van der Waals surface area contributed by atoms with Gasteiger partial charge >= 0.3 is 0 Å². The van der Waals surface area contributed by atoms with Gasteiger partial charge in [-0.05, 0) is 52.3 Å². The van der Waals surface area contributed by atoms with Crippen LogP contribution in [0.25, 0.3) is 0 Å². The third-order valence-electron chi connectivity index (χ3n) is 2.44. The summed E-state index contributed by atoms with van der Waals surface area (Å²) in [5.74, 6) is -0.877. The Hall–Kier alpha value is -1.59. The van der Waals surface area contributed by atoms with Crippen LogP contribution in [0.1, 0.15) is 10.4 Å². The third-order valence-corrected chi connectivity index (χ3v) is 3.31. The molecule has 3 nitrogen and oxygen atoms in total. The van der Waals surface area contributed by atoms with Crippen molar-refractivity contribution in [2.24, 2.45) is 0 Å². The molecular formula is C13H9BrClFN2O. The minimum Gasteiger partial charge on any atom is -0.398 e.